The Hall–Kier alpha value is -1.03. The quantitative estimate of drug-likeness (QED) is 0.503. The van der Waals surface area contributed by atoms with Gasteiger partial charge in [-0.15, -0.1) is 0 Å². The molecule has 0 aliphatic heterocycles. The minimum Gasteiger partial charge on any atom is -0.496 e. The van der Waals surface area contributed by atoms with Crippen LogP contribution < -0.4 is 4.74 Å². The van der Waals surface area contributed by atoms with Gasteiger partial charge in [-0.3, -0.25) is 0 Å². The fourth-order valence-corrected chi connectivity index (χ4v) is 1.76. The number of ether oxygens (including phenoxy) is 1. The lowest BCUT2D eigenvalue weighted by Gasteiger charge is -2.11. The molecular formula is C10H12BrNO2. The van der Waals surface area contributed by atoms with E-state index in [0.29, 0.717) is 0 Å². The number of nitrogens with zero attached hydrogens (tertiary/aromatic N) is 1. The lowest BCUT2D eigenvalue weighted by atomic mass is 10.1. The van der Waals surface area contributed by atoms with Gasteiger partial charge in [0.05, 0.1) is 13.3 Å². The van der Waals surface area contributed by atoms with Gasteiger partial charge in [-0.05, 0) is 47.0 Å². The molecule has 3 nitrogen and oxygen atoms in total. The van der Waals surface area contributed by atoms with Crippen LogP contribution in [-0.2, 0) is 0 Å². The van der Waals surface area contributed by atoms with Crippen LogP contribution in [0, 0.1) is 13.8 Å². The van der Waals surface area contributed by atoms with Crippen molar-refractivity contribution >= 4 is 22.1 Å². The third kappa shape index (κ3) is 1.90. The number of oxime groups is 1. The first-order valence-corrected chi connectivity index (χ1v) is 4.92. The van der Waals surface area contributed by atoms with Crippen molar-refractivity contribution in [3.8, 4) is 5.75 Å². The molecule has 0 aliphatic carbocycles. The summed E-state index contributed by atoms with van der Waals surface area (Å²) in [7, 11) is 1.62. The van der Waals surface area contributed by atoms with E-state index in [1.54, 1.807) is 7.11 Å². The number of halogens is 1. The van der Waals surface area contributed by atoms with Gasteiger partial charge >= 0.3 is 0 Å². The lowest BCUT2D eigenvalue weighted by molar-refractivity contribution is 0.322. The van der Waals surface area contributed by atoms with Gasteiger partial charge in [0.15, 0.2) is 0 Å². The van der Waals surface area contributed by atoms with Crippen LogP contribution in [0.2, 0.25) is 0 Å². The zero-order chi connectivity index (χ0) is 10.7. The Bertz CT molecular complexity index is 375. The fraction of sp³-hybridized carbons (Fsp3) is 0.300. The standard InChI is InChI=1S/C10H12BrNO2/c1-6-7(2)10(11)8(5-12-13)4-9(6)14-3/h4-5,13H,1-3H3/b12-5-. The fourth-order valence-electron chi connectivity index (χ4n) is 1.25. The molecule has 0 amide bonds. The van der Waals surface area contributed by atoms with E-state index in [1.165, 1.54) is 6.21 Å². The molecule has 0 bridgehead atoms. The van der Waals surface area contributed by atoms with Gasteiger partial charge in [-0.1, -0.05) is 5.16 Å². The van der Waals surface area contributed by atoms with E-state index in [0.717, 1.165) is 26.9 Å². The van der Waals surface area contributed by atoms with E-state index in [9.17, 15) is 0 Å². The van der Waals surface area contributed by atoms with Crippen LogP contribution in [0.3, 0.4) is 0 Å². The zero-order valence-electron chi connectivity index (χ0n) is 8.34. The Labute approximate surface area is 91.5 Å². The Balaban J connectivity index is 3.40. The normalized spacial score (nSPS) is 10.9. The summed E-state index contributed by atoms with van der Waals surface area (Å²) in [6.45, 7) is 3.97. The lowest BCUT2D eigenvalue weighted by Crippen LogP contribution is -1.95. The van der Waals surface area contributed by atoms with Crippen molar-refractivity contribution in [3.63, 3.8) is 0 Å². The second-order valence-electron chi connectivity index (χ2n) is 2.98. The minimum absolute atomic E-state index is 0.792. The van der Waals surface area contributed by atoms with Gasteiger partial charge in [-0.2, -0.15) is 0 Å². The largest absolute Gasteiger partial charge is 0.496 e. The van der Waals surface area contributed by atoms with Gasteiger partial charge in [0.1, 0.15) is 5.75 Å². The molecule has 1 aromatic rings. The van der Waals surface area contributed by atoms with Crippen molar-refractivity contribution in [1.29, 1.82) is 0 Å². The molecule has 1 rings (SSSR count). The Morgan fingerprint density at radius 3 is 2.57 bits per heavy atom. The minimum atomic E-state index is 0.792. The number of benzene rings is 1. The van der Waals surface area contributed by atoms with Crippen LogP contribution in [0.4, 0.5) is 0 Å². The second-order valence-corrected chi connectivity index (χ2v) is 3.77. The van der Waals surface area contributed by atoms with Crippen LogP contribution >= 0.6 is 15.9 Å². The second kappa shape index (κ2) is 4.46. The maximum atomic E-state index is 8.48. The SMILES string of the molecule is COc1cc(/C=N\O)c(Br)c(C)c1C. The molecule has 4 heteroatoms. The summed E-state index contributed by atoms with van der Waals surface area (Å²) >= 11 is 3.44. The van der Waals surface area contributed by atoms with Gasteiger partial charge in [0, 0.05) is 10.0 Å². The average molecular weight is 258 g/mol. The van der Waals surface area contributed by atoms with E-state index in [-0.39, 0.29) is 0 Å². The maximum Gasteiger partial charge on any atom is 0.122 e. The van der Waals surface area contributed by atoms with Gasteiger partial charge in [-0.25, -0.2) is 0 Å². The van der Waals surface area contributed by atoms with Crippen LogP contribution in [0.25, 0.3) is 0 Å². The summed E-state index contributed by atoms with van der Waals surface area (Å²) in [5.74, 6) is 0.792. The summed E-state index contributed by atoms with van der Waals surface area (Å²) in [6, 6.07) is 1.83. The average Bonchev–Trinajstić information content (AvgIpc) is 2.19. The highest BCUT2D eigenvalue weighted by Crippen LogP contribution is 2.30. The summed E-state index contributed by atoms with van der Waals surface area (Å²) in [5.41, 5.74) is 2.96. The Kier molecular flexibility index (Phi) is 3.52. The molecule has 0 atom stereocenters. The molecule has 0 spiro atoms. The third-order valence-corrected chi connectivity index (χ3v) is 3.27. The van der Waals surface area contributed by atoms with Crippen LogP contribution in [-0.4, -0.2) is 18.5 Å². The summed E-state index contributed by atoms with van der Waals surface area (Å²) in [6.07, 6.45) is 1.37. The topological polar surface area (TPSA) is 41.8 Å². The van der Waals surface area contributed by atoms with E-state index >= 15 is 0 Å². The number of rotatable bonds is 2. The maximum absolute atomic E-state index is 8.48. The molecule has 14 heavy (non-hydrogen) atoms. The summed E-state index contributed by atoms with van der Waals surface area (Å²) in [4.78, 5) is 0. The number of methoxy groups -OCH3 is 1. The van der Waals surface area contributed by atoms with E-state index in [4.69, 9.17) is 9.94 Å². The first kappa shape index (κ1) is 11.0. The molecule has 0 radical (unpaired) electrons. The molecule has 0 saturated heterocycles. The molecular weight excluding hydrogens is 246 g/mol. The highest BCUT2D eigenvalue weighted by Gasteiger charge is 2.09. The van der Waals surface area contributed by atoms with Crippen molar-refractivity contribution in [1.82, 2.24) is 0 Å². The molecule has 0 unspecified atom stereocenters. The number of hydrogen-bond acceptors (Lipinski definition) is 3. The highest BCUT2D eigenvalue weighted by molar-refractivity contribution is 9.10. The first-order valence-electron chi connectivity index (χ1n) is 4.13. The molecule has 1 N–H and O–H groups in total. The summed E-state index contributed by atoms with van der Waals surface area (Å²) in [5, 5.41) is 11.5. The van der Waals surface area contributed by atoms with Gasteiger partial charge in [0.25, 0.3) is 0 Å². The molecule has 0 saturated carbocycles. The predicted molar refractivity (Wildman–Crippen MR) is 59.5 cm³/mol. The Morgan fingerprint density at radius 1 is 1.43 bits per heavy atom. The molecule has 0 heterocycles. The van der Waals surface area contributed by atoms with Gasteiger partial charge < -0.3 is 9.94 Å². The van der Waals surface area contributed by atoms with Crippen LogP contribution in [0.5, 0.6) is 5.75 Å². The Morgan fingerprint density at radius 2 is 2.07 bits per heavy atom. The molecule has 0 aliphatic rings. The van der Waals surface area contributed by atoms with Crippen molar-refractivity contribution in [3.05, 3.63) is 27.2 Å². The van der Waals surface area contributed by atoms with Crippen LogP contribution in [0.1, 0.15) is 16.7 Å². The predicted octanol–water partition coefficient (Wildman–Crippen LogP) is 2.88. The van der Waals surface area contributed by atoms with Crippen molar-refractivity contribution in [2.24, 2.45) is 5.16 Å². The molecule has 0 fully saturated rings. The zero-order valence-corrected chi connectivity index (χ0v) is 9.92. The monoisotopic (exact) mass is 257 g/mol. The smallest absolute Gasteiger partial charge is 0.122 e. The van der Waals surface area contributed by atoms with Crippen LogP contribution in [0.15, 0.2) is 15.7 Å². The highest BCUT2D eigenvalue weighted by atomic mass is 79.9. The first-order chi connectivity index (χ1) is 6.61. The number of hydrogen-bond donors (Lipinski definition) is 1. The molecule has 0 aromatic heterocycles. The van der Waals surface area contributed by atoms with E-state index in [1.807, 2.05) is 19.9 Å². The van der Waals surface area contributed by atoms with E-state index < -0.39 is 0 Å². The van der Waals surface area contributed by atoms with Crippen molar-refractivity contribution < 1.29 is 9.94 Å². The third-order valence-electron chi connectivity index (χ3n) is 2.22. The van der Waals surface area contributed by atoms with Crippen molar-refractivity contribution in [2.75, 3.05) is 7.11 Å². The van der Waals surface area contributed by atoms with Crippen molar-refractivity contribution in [2.45, 2.75) is 13.8 Å². The molecule has 76 valence electrons. The van der Waals surface area contributed by atoms with E-state index in [2.05, 4.69) is 21.1 Å². The summed E-state index contributed by atoms with van der Waals surface area (Å²) < 4.78 is 6.13. The van der Waals surface area contributed by atoms with Gasteiger partial charge in [0.2, 0.25) is 0 Å². The molecule has 1 aromatic carbocycles.